The number of fused-ring (bicyclic) bond motifs is 1. The number of carbonyl (C=O) groups is 1. The fourth-order valence-corrected chi connectivity index (χ4v) is 2.46. The van der Waals surface area contributed by atoms with Crippen LogP contribution in [0.4, 0.5) is 4.39 Å². The fourth-order valence-electron chi connectivity index (χ4n) is 1.99. The predicted octanol–water partition coefficient (Wildman–Crippen LogP) is 3.70. The van der Waals surface area contributed by atoms with Crippen LogP contribution in [-0.4, -0.2) is 15.8 Å². The summed E-state index contributed by atoms with van der Waals surface area (Å²) in [5.74, 6) is -0.685. The Morgan fingerprint density at radius 1 is 1.32 bits per heavy atom. The summed E-state index contributed by atoms with van der Waals surface area (Å²) in [7, 11) is 0. The van der Waals surface area contributed by atoms with Gasteiger partial charge in [-0.3, -0.25) is 9.78 Å². The average Bonchev–Trinajstić information content (AvgIpc) is 2.80. The highest BCUT2D eigenvalue weighted by atomic mass is 79.9. The van der Waals surface area contributed by atoms with Crippen LogP contribution >= 0.6 is 15.9 Å². The zero-order chi connectivity index (χ0) is 13.4. The molecule has 0 atom stereocenters. The fraction of sp³-hybridized carbons (Fsp3) is 0. The number of benzene rings is 1. The average molecular weight is 319 g/mol. The number of carbonyl (C=O) groups excluding carboxylic acids is 1. The van der Waals surface area contributed by atoms with E-state index in [0.29, 0.717) is 15.6 Å². The molecule has 2 heterocycles. The van der Waals surface area contributed by atoms with Gasteiger partial charge in [0, 0.05) is 45.1 Å². The van der Waals surface area contributed by atoms with Gasteiger partial charge in [0.25, 0.3) is 0 Å². The number of halogens is 2. The van der Waals surface area contributed by atoms with E-state index in [1.54, 1.807) is 30.7 Å². The summed E-state index contributed by atoms with van der Waals surface area (Å²) in [6, 6.07) is 5.92. The molecule has 5 heteroatoms. The zero-order valence-corrected chi connectivity index (χ0v) is 11.2. The maximum atomic E-state index is 13.3. The smallest absolute Gasteiger partial charge is 0.195 e. The van der Waals surface area contributed by atoms with E-state index >= 15 is 0 Å². The van der Waals surface area contributed by atoms with Gasteiger partial charge < -0.3 is 4.98 Å². The molecule has 0 aliphatic rings. The van der Waals surface area contributed by atoms with Crippen molar-refractivity contribution in [2.75, 3.05) is 0 Å². The summed E-state index contributed by atoms with van der Waals surface area (Å²) >= 11 is 3.18. The molecular formula is C14H8BrFN2O. The van der Waals surface area contributed by atoms with Gasteiger partial charge in [-0.05, 0) is 24.3 Å². The third-order valence-electron chi connectivity index (χ3n) is 2.85. The molecule has 1 aromatic carbocycles. The van der Waals surface area contributed by atoms with Crippen LogP contribution in [0.1, 0.15) is 15.9 Å². The van der Waals surface area contributed by atoms with Crippen molar-refractivity contribution in [3.05, 3.63) is 64.3 Å². The number of hydrogen-bond acceptors (Lipinski definition) is 2. The lowest BCUT2D eigenvalue weighted by Crippen LogP contribution is -2.01. The summed E-state index contributed by atoms with van der Waals surface area (Å²) in [6.07, 6.45) is 4.88. The molecule has 0 aliphatic carbocycles. The van der Waals surface area contributed by atoms with Crippen LogP contribution in [0.15, 0.2) is 47.3 Å². The topological polar surface area (TPSA) is 45.8 Å². The maximum Gasteiger partial charge on any atom is 0.195 e. The van der Waals surface area contributed by atoms with Crippen LogP contribution in [0.25, 0.3) is 10.9 Å². The van der Waals surface area contributed by atoms with Crippen LogP contribution in [0, 0.1) is 5.82 Å². The number of aromatic nitrogens is 2. The Morgan fingerprint density at radius 3 is 2.95 bits per heavy atom. The molecule has 0 saturated heterocycles. The first-order valence-electron chi connectivity index (χ1n) is 5.57. The summed E-state index contributed by atoms with van der Waals surface area (Å²) in [5.41, 5.74) is 1.62. The molecule has 0 unspecified atom stereocenters. The lowest BCUT2D eigenvalue weighted by molar-refractivity contribution is 0.104. The number of hydrogen-bond donors (Lipinski definition) is 1. The lowest BCUT2D eigenvalue weighted by Gasteiger charge is -2.01. The standard InChI is InChI=1S/C14H8BrFN2O/c15-9-3-8(4-10(16)5-9)14(19)12-7-18-13-1-2-17-6-11(12)13/h1-7,18H. The molecular weight excluding hydrogens is 311 g/mol. The second-order valence-corrected chi connectivity index (χ2v) is 5.03. The van der Waals surface area contributed by atoms with E-state index < -0.39 is 5.82 Å². The van der Waals surface area contributed by atoms with Crippen LogP contribution in [0.5, 0.6) is 0 Å². The summed E-state index contributed by atoms with van der Waals surface area (Å²) in [6.45, 7) is 0. The van der Waals surface area contributed by atoms with Crippen molar-refractivity contribution in [2.24, 2.45) is 0 Å². The van der Waals surface area contributed by atoms with Gasteiger partial charge in [0.2, 0.25) is 0 Å². The Hall–Kier alpha value is -2.01. The van der Waals surface area contributed by atoms with Gasteiger partial charge in [-0.1, -0.05) is 15.9 Å². The summed E-state index contributed by atoms with van der Waals surface area (Å²) in [4.78, 5) is 19.4. The van der Waals surface area contributed by atoms with E-state index in [1.807, 2.05) is 0 Å². The van der Waals surface area contributed by atoms with E-state index in [0.717, 1.165) is 10.9 Å². The minimum Gasteiger partial charge on any atom is -0.360 e. The number of aromatic amines is 1. The van der Waals surface area contributed by atoms with Gasteiger partial charge in [0.05, 0.1) is 0 Å². The second kappa shape index (κ2) is 4.59. The molecule has 1 N–H and O–H groups in total. The number of pyridine rings is 1. The molecule has 0 radical (unpaired) electrons. The number of H-pyrrole nitrogens is 1. The van der Waals surface area contributed by atoms with E-state index in [4.69, 9.17) is 0 Å². The highest BCUT2D eigenvalue weighted by Crippen LogP contribution is 2.22. The first-order valence-corrected chi connectivity index (χ1v) is 6.36. The maximum absolute atomic E-state index is 13.3. The van der Waals surface area contributed by atoms with Gasteiger partial charge in [0.1, 0.15) is 5.82 Å². The van der Waals surface area contributed by atoms with Crippen LogP contribution in [0.3, 0.4) is 0 Å². The molecule has 3 rings (SSSR count). The first-order chi connectivity index (χ1) is 9.15. The highest BCUT2D eigenvalue weighted by molar-refractivity contribution is 9.10. The second-order valence-electron chi connectivity index (χ2n) is 4.11. The van der Waals surface area contributed by atoms with Crippen molar-refractivity contribution in [1.29, 1.82) is 0 Å². The predicted molar refractivity (Wildman–Crippen MR) is 73.6 cm³/mol. The quantitative estimate of drug-likeness (QED) is 0.732. The minimum atomic E-state index is -0.448. The van der Waals surface area contributed by atoms with Crippen molar-refractivity contribution in [3.63, 3.8) is 0 Å². The van der Waals surface area contributed by atoms with Crippen molar-refractivity contribution < 1.29 is 9.18 Å². The Kier molecular flexibility index (Phi) is 2.91. The monoisotopic (exact) mass is 318 g/mol. The van der Waals surface area contributed by atoms with E-state index in [2.05, 4.69) is 25.9 Å². The van der Waals surface area contributed by atoms with Gasteiger partial charge in [-0.2, -0.15) is 0 Å². The van der Waals surface area contributed by atoms with E-state index in [9.17, 15) is 9.18 Å². The van der Waals surface area contributed by atoms with E-state index in [-0.39, 0.29) is 5.78 Å². The molecule has 0 spiro atoms. The lowest BCUT2D eigenvalue weighted by atomic mass is 10.0. The number of nitrogens with zero attached hydrogens (tertiary/aromatic N) is 1. The van der Waals surface area contributed by atoms with Gasteiger partial charge in [-0.25, -0.2) is 4.39 Å². The molecule has 0 saturated carbocycles. The van der Waals surface area contributed by atoms with E-state index in [1.165, 1.54) is 12.1 Å². The molecule has 19 heavy (non-hydrogen) atoms. The molecule has 3 aromatic rings. The third-order valence-corrected chi connectivity index (χ3v) is 3.31. The molecule has 94 valence electrons. The van der Waals surface area contributed by atoms with Gasteiger partial charge in [-0.15, -0.1) is 0 Å². The zero-order valence-electron chi connectivity index (χ0n) is 9.65. The molecule has 0 amide bonds. The Bertz CT molecular complexity index is 762. The van der Waals surface area contributed by atoms with Crippen molar-refractivity contribution in [2.45, 2.75) is 0 Å². The van der Waals surface area contributed by atoms with Crippen LogP contribution in [-0.2, 0) is 0 Å². The molecule has 0 bridgehead atoms. The normalized spacial score (nSPS) is 10.8. The SMILES string of the molecule is O=C(c1cc(F)cc(Br)c1)c1c[nH]c2ccncc12. The molecule has 2 aromatic heterocycles. The number of nitrogens with one attached hydrogen (secondary N) is 1. The Balaban J connectivity index is 2.13. The van der Waals surface area contributed by atoms with Crippen LogP contribution < -0.4 is 0 Å². The Morgan fingerprint density at radius 2 is 2.16 bits per heavy atom. The van der Waals surface area contributed by atoms with Crippen molar-refractivity contribution in [1.82, 2.24) is 9.97 Å². The number of ketones is 1. The van der Waals surface area contributed by atoms with Crippen molar-refractivity contribution >= 4 is 32.6 Å². The largest absolute Gasteiger partial charge is 0.360 e. The first kappa shape index (κ1) is 12.0. The van der Waals surface area contributed by atoms with Gasteiger partial charge in [0.15, 0.2) is 5.78 Å². The molecule has 0 fully saturated rings. The summed E-state index contributed by atoms with van der Waals surface area (Å²) in [5, 5.41) is 0.730. The minimum absolute atomic E-state index is 0.237. The Labute approximate surface area is 116 Å². The third kappa shape index (κ3) is 2.17. The van der Waals surface area contributed by atoms with Crippen LogP contribution in [0.2, 0.25) is 0 Å². The molecule has 3 nitrogen and oxygen atoms in total. The molecule has 0 aliphatic heterocycles. The van der Waals surface area contributed by atoms with Gasteiger partial charge >= 0.3 is 0 Å². The number of rotatable bonds is 2. The van der Waals surface area contributed by atoms with Crippen molar-refractivity contribution in [3.8, 4) is 0 Å². The highest BCUT2D eigenvalue weighted by Gasteiger charge is 2.15. The summed E-state index contributed by atoms with van der Waals surface area (Å²) < 4.78 is 13.9.